The van der Waals surface area contributed by atoms with Crippen LogP contribution in [0.25, 0.3) is 16.5 Å². The standard InChI is InChI=1S/C24H16F3NO3/c1-15-9-11-18(12-10-15)31-23(30)21-14-28(22(29)20-8-3-2-7-19(20)21)17-6-4-5-16(13-17)24(25,26)27/h2-14H,1H3. The number of ether oxygens (including phenoxy) is 1. The molecule has 0 unspecified atom stereocenters. The fourth-order valence-corrected chi connectivity index (χ4v) is 3.25. The van der Waals surface area contributed by atoms with Crippen molar-refractivity contribution in [3.05, 3.63) is 106 Å². The highest BCUT2D eigenvalue weighted by molar-refractivity contribution is 6.04. The second-order valence-electron chi connectivity index (χ2n) is 7.01. The average molecular weight is 423 g/mol. The van der Waals surface area contributed by atoms with Crippen molar-refractivity contribution in [3.63, 3.8) is 0 Å². The molecule has 0 saturated carbocycles. The zero-order chi connectivity index (χ0) is 22.2. The van der Waals surface area contributed by atoms with Crippen LogP contribution in [0.5, 0.6) is 5.75 Å². The predicted octanol–water partition coefficient (Wildman–Crippen LogP) is 5.54. The third-order valence-corrected chi connectivity index (χ3v) is 4.83. The van der Waals surface area contributed by atoms with Gasteiger partial charge in [-0.25, -0.2) is 4.79 Å². The molecule has 0 aliphatic carbocycles. The summed E-state index contributed by atoms with van der Waals surface area (Å²) in [6.07, 6.45) is -3.35. The van der Waals surface area contributed by atoms with E-state index in [-0.39, 0.29) is 16.6 Å². The van der Waals surface area contributed by atoms with E-state index in [1.54, 1.807) is 42.5 Å². The van der Waals surface area contributed by atoms with Crippen LogP contribution < -0.4 is 10.3 Å². The molecule has 3 aromatic carbocycles. The van der Waals surface area contributed by atoms with Crippen LogP contribution in [-0.4, -0.2) is 10.5 Å². The van der Waals surface area contributed by atoms with Crippen LogP contribution in [0.2, 0.25) is 0 Å². The van der Waals surface area contributed by atoms with Crippen LogP contribution in [-0.2, 0) is 6.18 Å². The second kappa shape index (κ2) is 7.75. The summed E-state index contributed by atoms with van der Waals surface area (Å²) in [6.45, 7) is 1.89. The van der Waals surface area contributed by atoms with E-state index in [4.69, 9.17) is 4.74 Å². The Morgan fingerprint density at radius 2 is 1.58 bits per heavy atom. The molecule has 0 saturated heterocycles. The Balaban J connectivity index is 1.87. The van der Waals surface area contributed by atoms with Crippen LogP contribution in [0.1, 0.15) is 21.5 Å². The number of fused-ring (bicyclic) bond motifs is 1. The van der Waals surface area contributed by atoms with Gasteiger partial charge in [-0.1, -0.05) is 42.0 Å². The minimum Gasteiger partial charge on any atom is -0.423 e. The van der Waals surface area contributed by atoms with Crippen LogP contribution in [0.15, 0.2) is 83.8 Å². The molecule has 1 aromatic heterocycles. The van der Waals surface area contributed by atoms with E-state index < -0.39 is 23.3 Å². The molecule has 0 bridgehead atoms. The molecule has 7 heteroatoms. The number of alkyl halides is 3. The number of hydrogen-bond acceptors (Lipinski definition) is 3. The monoisotopic (exact) mass is 423 g/mol. The number of halogens is 3. The summed E-state index contributed by atoms with van der Waals surface area (Å²) in [7, 11) is 0. The topological polar surface area (TPSA) is 48.3 Å². The number of carbonyl (C=O) groups is 1. The number of aromatic nitrogens is 1. The number of hydrogen-bond donors (Lipinski definition) is 0. The first-order valence-corrected chi connectivity index (χ1v) is 9.35. The molecule has 0 aliphatic heterocycles. The molecule has 0 N–H and O–H groups in total. The van der Waals surface area contributed by atoms with E-state index in [9.17, 15) is 22.8 Å². The molecule has 0 fully saturated rings. The smallest absolute Gasteiger partial charge is 0.416 e. The third-order valence-electron chi connectivity index (χ3n) is 4.83. The number of benzene rings is 3. The molecule has 156 valence electrons. The second-order valence-corrected chi connectivity index (χ2v) is 7.01. The van der Waals surface area contributed by atoms with E-state index in [2.05, 4.69) is 0 Å². The first kappa shape index (κ1) is 20.4. The van der Waals surface area contributed by atoms with E-state index in [0.717, 1.165) is 22.3 Å². The maximum absolute atomic E-state index is 13.2. The Hall–Kier alpha value is -3.87. The highest BCUT2D eigenvalue weighted by Gasteiger charge is 2.30. The van der Waals surface area contributed by atoms with Gasteiger partial charge in [-0.3, -0.25) is 9.36 Å². The van der Waals surface area contributed by atoms with Crippen molar-refractivity contribution in [3.8, 4) is 11.4 Å². The number of pyridine rings is 1. The summed E-state index contributed by atoms with van der Waals surface area (Å²) in [4.78, 5) is 25.9. The molecule has 0 spiro atoms. The van der Waals surface area contributed by atoms with Gasteiger partial charge in [-0.15, -0.1) is 0 Å². The van der Waals surface area contributed by atoms with Crippen molar-refractivity contribution in [1.82, 2.24) is 4.57 Å². The van der Waals surface area contributed by atoms with Gasteiger partial charge in [0.05, 0.1) is 11.1 Å². The van der Waals surface area contributed by atoms with E-state index >= 15 is 0 Å². The lowest BCUT2D eigenvalue weighted by Crippen LogP contribution is -2.22. The molecular formula is C24H16F3NO3. The van der Waals surface area contributed by atoms with Gasteiger partial charge in [0.2, 0.25) is 0 Å². The SMILES string of the molecule is Cc1ccc(OC(=O)c2cn(-c3cccc(C(F)(F)F)c3)c(=O)c3ccccc23)cc1. The zero-order valence-electron chi connectivity index (χ0n) is 16.3. The number of carbonyl (C=O) groups excluding carboxylic acids is 1. The van der Waals surface area contributed by atoms with Crippen molar-refractivity contribution in [2.45, 2.75) is 13.1 Å². The number of aryl methyl sites for hydroxylation is 1. The van der Waals surface area contributed by atoms with E-state index in [1.807, 2.05) is 6.92 Å². The molecule has 4 nitrogen and oxygen atoms in total. The Labute approximate surface area is 175 Å². The van der Waals surface area contributed by atoms with E-state index in [0.29, 0.717) is 11.1 Å². The largest absolute Gasteiger partial charge is 0.423 e. The number of esters is 1. The summed E-state index contributed by atoms with van der Waals surface area (Å²) in [5.74, 6) is -0.405. The van der Waals surface area contributed by atoms with Gasteiger partial charge in [-0.05, 0) is 43.3 Å². The molecule has 0 amide bonds. The van der Waals surface area contributed by atoms with Crippen LogP contribution in [0, 0.1) is 6.92 Å². The molecule has 4 rings (SSSR count). The first-order valence-electron chi connectivity index (χ1n) is 9.35. The molecule has 0 aliphatic rings. The summed E-state index contributed by atoms with van der Waals surface area (Å²) >= 11 is 0. The molecule has 4 aromatic rings. The lowest BCUT2D eigenvalue weighted by Gasteiger charge is -2.14. The van der Waals surface area contributed by atoms with Crippen molar-refractivity contribution in [2.24, 2.45) is 0 Å². The summed E-state index contributed by atoms with van der Waals surface area (Å²) < 4.78 is 45.9. The first-order chi connectivity index (χ1) is 14.7. The van der Waals surface area contributed by atoms with E-state index in [1.165, 1.54) is 24.4 Å². The lowest BCUT2D eigenvalue weighted by atomic mass is 10.1. The van der Waals surface area contributed by atoms with Crippen LogP contribution >= 0.6 is 0 Å². The van der Waals surface area contributed by atoms with Crippen LogP contribution in [0.4, 0.5) is 13.2 Å². The Morgan fingerprint density at radius 3 is 2.26 bits per heavy atom. The Kier molecular flexibility index (Phi) is 5.10. The molecule has 0 atom stereocenters. The molecule has 0 radical (unpaired) electrons. The summed E-state index contributed by atoms with van der Waals surface area (Å²) in [6, 6.07) is 17.6. The minimum atomic E-state index is -4.57. The fraction of sp³-hybridized carbons (Fsp3) is 0.0833. The van der Waals surface area contributed by atoms with Gasteiger partial charge in [0, 0.05) is 22.7 Å². The fourth-order valence-electron chi connectivity index (χ4n) is 3.25. The molecule has 31 heavy (non-hydrogen) atoms. The number of rotatable bonds is 3. The summed E-state index contributed by atoms with van der Waals surface area (Å²) in [5, 5.41) is 0.547. The summed E-state index contributed by atoms with van der Waals surface area (Å²) in [5.41, 5.74) is -0.387. The highest BCUT2D eigenvalue weighted by atomic mass is 19.4. The molecular weight excluding hydrogens is 407 g/mol. The maximum Gasteiger partial charge on any atom is 0.416 e. The van der Waals surface area contributed by atoms with Gasteiger partial charge in [-0.2, -0.15) is 13.2 Å². The number of nitrogens with zero attached hydrogens (tertiary/aromatic N) is 1. The molecule has 1 heterocycles. The maximum atomic E-state index is 13.2. The predicted molar refractivity (Wildman–Crippen MR) is 111 cm³/mol. The Bertz CT molecular complexity index is 1340. The van der Waals surface area contributed by atoms with Crippen LogP contribution in [0.3, 0.4) is 0 Å². The highest BCUT2D eigenvalue weighted by Crippen LogP contribution is 2.30. The van der Waals surface area contributed by atoms with Gasteiger partial charge in [0.25, 0.3) is 5.56 Å². The van der Waals surface area contributed by atoms with Crippen molar-refractivity contribution in [1.29, 1.82) is 0 Å². The van der Waals surface area contributed by atoms with Crippen molar-refractivity contribution >= 4 is 16.7 Å². The van der Waals surface area contributed by atoms with Crippen molar-refractivity contribution < 1.29 is 22.7 Å². The average Bonchev–Trinajstić information content (AvgIpc) is 2.75. The van der Waals surface area contributed by atoms with Gasteiger partial charge < -0.3 is 4.74 Å². The van der Waals surface area contributed by atoms with Crippen molar-refractivity contribution in [2.75, 3.05) is 0 Å². The van der Waals surface area contributed by atoms with Gasteiger partial charge in [0.1, 0.15) is 5.75 Å². The Morgan fingerprint density at radius 1 is 0.903 bits per heavy atom. The zero-order valence-corrected chi connectivity index (χ0v) is 16.3. The quantitative estimate of drug-likeness (QED) is 0.321. The lowest BCUT2D eigenvalue weighted by molar-refractivity contribution is -0.137. The normalized spacial score (nSPS) is 11.5. The van der Waals surface area contributed by atoms with Gasteiger partial charge in [0.15, 0.2) is 0 Å². The van der Waals surface area contributed by atoms with Gasteiger partial charge >= 0.3 is 12.1 Å². The minimum absolute atomic E-state index is 0.00466. The third kappa shape index (κ3) is 4.07.